The van der Waals surface area contributed by atoms with Gasteiger partial charge in [-0.1, -0.05) is 6.42 Å². The molecule has 0 spiro atoms. The van der Waals surface area contributed by atoms with E-state index in [0.29, 0.717) is 0 Å². The summed E-state index contributed by atoms with van der Waals surface area (Å²) in [6, 6.07) is 0.743. The van der Waals surface area contributed by atoms with Crippen LogP contribution in [0.5, 0.6) is 0 Å². The fraction of sp³-hybridized carbons (Fsp3) is 0.810. The predicted octanol–water partition coefficient (Wildman–Crippen LogP) is 3.72. The first-order valence-electron chi connectivity index (χ1n) is 11.2. The van der Waals surface area contributed by atoms with Crippen LogP contribution in [0, 0.1) is 0 Å². The quantitative estimate of drug-likeness (QED) is 0.219. The van der Waals surface area contributed by atoms with Gasteiger partial charge in [0.1, 0.15) is 0 Å². The summed E-state index contributed by atoms with van der Waals surface area (Å²) in [5, 5.41) is 10.2. The Hall–Kier alpha value is -0.610. The molecule has 166 valence electrons. The molecule has 0 aliphatic carbocycles. The van der Waals surface area contributed by atoms with Crippen molar-refractivity contribution in [2.45, 2.75) is 64.8 Å². The zero-order valence-corrected chi connectivity index (χ0v) is 21.3. The fourth-order valence-corrected chi connectivity index (χ4v) is 4.98. The van der Waals surface area contributed by atoms with Gasteiger partial charge in [0, 0.05) is 57.1 Å². The van der Waals surface area contributed by atoms with Crippen LogP contribution < -0.4 is 15.5 Å². The van der Waals surface area contributed by atoms with E-state index in [9.17, 15) is 0 Å². The molecule has 0 aromatic carbocycles. The standard InChI is InChI=1S/C21H38N6S.HI/c1-3-22-20(23-11-8-16-26-13-5-4-9-18(26)2)24-12-10-19-17-28-21(25-19)27-14-6-7-15-27;/h17-18H,3-16H2,1-2H3,(H2,22,23,24);1H. The first kappa shape index (κ1) is 24.7. The second kappa shape index (κ2) is 13.6. The Labute approximate surface area is 198 Å². The fourth-order valence-electron chi connectivity index (χ4n) is 4.07. The van der Waals surface area contributed by atoms with Crippen molar-refractivity contribution >= 4 is 46.4 Å². The van der Waals surface area contributed by atoms with Gasteiger partial charge in [0.15, 0.2) is 11.1 Å². The number of anilines is 1. The lowest BCUT2D eigenvalue weighted by Gasteiger charge is -2.33. The van der Waals surface area contributed by atoms with E-state index in [2.05, 4.69) is 39.7 Å². The average molecular weight is 535 g/mol. The Bertz CT molecular complexity index is 602. The minimum absolute atomic E-state index is 0. The largest absolute Gasteiger partial charge is 0.357 e. The monoisotopic (exact) mass is 534 g/mol. The second-order valence-corrected chi connectivity index (χ2v) is 8.82. The minimum atomic E-state index is 0. The maximum absolute atomic E-state index is 4.81. The van der Waals surface area contributed by atoms with E-state index in [-0.39, 0.29) is 24.0 Å². The lowest BCUT2D eigenvalue weighted by Crippen LogP contribution is -2.39. The van der Waals surface area contributed by atoms with Crippen LogP contribution in [0.2, 0.25) is 0 Å². The van der Waals surface area contributed by atoms with Gasteiger partial charge >= 0.3 is 0 Å². The van der Waals surface area contributed by atoms with Crippen molar-refractivity contribution in [2.24, 2.45) is 4.99 Å². The number of piperidine rings is 1. The number of hydrogen-bond acceptors (Lipinski definition) is 5. The van der Waals surface area contributed by atoms with Gasteiger partial charge in [0.05, 0.1) is 5.69 Å². The number of hydrogen-bond donors (Lipinski definition) is 2. The molecule has 29 heavy (non-hydrogen) atoms. The Morgan fingerprint density at radius 3 is 2.76 bits per heavy atom. The third-order valence-corrected chi connectivity index (χ3v) is 6.70. The number of nitrogens with zero attached hydrogens (tertiary/aromatic N) is 4. The summed E-state index contributed by atoms with van der Waals surface area (Å²) in [7, 11) is 0. The van der Waals surface area contributed by atoms with Gasteiger partial charge in [-0.05, 0) is 52.5 Å². The summed E-state index contributed by atoms with van der Waals surface area (Å²) in [5.74, 6) is 0.934. The highest BCUT2D eigenvalue weighted by molar-refractivity contribution is 14.0. The van der Waals surface area contributed by atoms with Gasteiger partial charge < -0.3 is 20.4 Å². The van der Waals surface area contributed by atoms with E-state index >= 15 is 0 Å². The molecule has 0 saturated carbocycles. The summed E-state index contributed by atoms with van der Waals surface area (Å²) in [5.41, 5.74) is 1.19. The Kier molecular flexibility index (Phi) is 11.6. The highest BCUT2D eigenvalue weighted by Gasteiger charge is 2.17. The molecule has 1 aromatic heterocycles. The molecule has 2 N–H and O–H groups in total. The maximum Gasteiger partial charge on any atom is 0.191 e. The first-order valence-corrected chi connectivity index (χ1v) is 12.1. The Balaban J connectivity index is 0.00000300. The molecule has 0 amide bonds. The van der Waals surface area contributed by atoms with Crippen LogP contribution in [0.1, 0.15) is 58.1 Å². The zero-order chi connectivity index (χ0) is 19.6. The van der Waals surface area contributed by atoms with Crippen LogP contribution in [0.15, 0.2) is 10.4 Å². The van der Waals surface area contributed by atoms with Crippen molar-refractivity contribution in [2.75, 3.05) is 50.7 Å². The molecule has 2 saturated heterocycles. The molecule has 1 atom stereocenters. The Morgan fingerprint density at radius 2 is 2.00 bits per heavy atom. The highest BCUT2D eigenvalue weighted by atomic mass is 127. The number of thiazole rings is 1. The third kappa shape index (κ3) is 8.20. The van der Waals surface area contributed by atoms with Gasteiger partial charge in [-0.15, -0.1) is 35.3 Å². The van der Waals surface area contributed by atoms with Crippen molar-refractivity contribution in [3.63, 3.8) is 0 Å². The van der Waals surface area contributed by atoms with Crippen molar-refractivity contribution in [3.8, 4) is 0 Å². The van der Waals surface area contributed by atoms with Crippen LogP contribution in [-0.2, 0) is 6.42 Å². The summed E-state index contributed by atoms with van der Waals surface area (Å²) >= 11 is 1.78. The van der Waals surface area contributed by atoms with E-state index in [1.165, 1.54) is 69.1 Å². The average Bonchev–Trinajstić information content (AvgIpc) is 3.38. The number of halogens is 1. The van der Waals surface area contributed by atoms with E-state index in [0.717, 1.165) is 44.5 Å². The molecule has 3 heterocycles. The number of aliphatic imine (C=N–C) groups is 1. The number of aromatic nitrogens is 1. The van der Waals surface area contributed by atoms with Crippen LogP contribution in [0.4, 0.5) is 5.13 Å². The number of nitrogens with one attached hydrogen (secondary N) is 2. The van der Waals surface area contributed by atoms with Gasteiger partial charge in [-0.2, -0.15) is 0 Å². The zero-order valence-electron chi connectivity index (χ0n) is 18.2. The van der Waals surface area contributed by atoms with Crippen molar-refractivity contribution in [3.05, 3.63) is 11.1 Å². The van der Waals surface area contributed by atoms with Gasteiger partial charge in [0.2, 0.25) is 0 Å². The molecule has 1 aromatic rings. The number of rotatable bonds is 9. The van der Waals surface area contributed by atoms with E-state index in [1.54, 1.807) is 11.3 Å². The minimum Gasteiger partial charge on any atom is -0.357 e. The van der Waals surface area contributed by atoms with Gasteiger partial charge in [-0.3, -0.25) is 4.99 Å². The van der Waals surface area contributed by atoms with Crippen molar-refractivity contribution in [1.82, 2.24) is 20.5 Å². The molecule has 1 unspecified atom stereocenters. The maximum atomic E-state index is 4.81. The number of guanidine groups is 1. The lowest BCUT2D eigenvalue weighted by atomic mass is 10.0. The number of likely N-dealkylation sites (tertiary alicyclic amines) is 1. The van der Waals surface area contributed by atoms with E-state index in [1.807, 2.05) is 0 Å². The van der Waals surface area contributed by atoms with Crippen LogP contribution in [0.25, 0.3) is 0 Å². The van der Waals surface area contributed by atoms with Crippen LogP contribution in [-0.4, -0.2) is 67.7 Å². The van der Waals surface area contributed by atoms with Crippen molar-refractivity contribution in [1.29, 1.82) is 0 Å². The second-order valence-electron chi connectivity index (χ2n) is 7.99. The molecule has 3 rings (SSSR count). The molecule has 2 aliphatic rings. The first-order chi connectivity index (χ1) is 13.8. The summed E-state index contributed by atoms with van der Waals surface area (Å²) in [4.78, 5) is 14.6. The molecule has 8 heteroatoms. The Morgan fingerprint density at radius 1 is 1.21 bits per heavy atom. The lowest BCUT2D eigenvalue weighted by molar-refractivity contribution is 0.160. The topological polar surface area (TPSA) is 55.8 Å². The molecule has 6 nitrogen and oxygen atoms in total. The summed E-state index contributed by atoms with van der Waals surface area (Å²) in [6.07, 6.45) is 8.78. The van der Waals surface area contributed by atoms with E-state index < -0.39 is 0 Å². The molecular weight excluding hydrogens is 495 g/mol. The normalized spacial score (nSPS) is 20.6. The summed E-state index contributed by atoms with van der Waals surface area (Å²) < 4.78 is 0. The molecule has 2 aliphatic heterocycles. The molecule has 0 radical (unpaired) electrons. The SMILES string of the molecule is CCNC(=NCCCN1CCCCC1C)NCCc1csc(N2CCCC2)n1.I. The van der Waals surface area contributed by atoms with Gasteiger partial charge in [0.25, 0.3) is 0 Å². The predicted molar refractivity (Wildman–Crippen MR) is 136 cm³/mol. The molecule has 0 bridgehead atoms. The van der Waals surface area contributed by atoms with Crippen LogP contribution in [0.3, 0.4) is 0 Å². The summed E-state index contributed by atoms with van der Waals surface area (Å²) in [6.45, 7) is 11.9. The van der Waals surface area contributed by atoms with Crippen molar-refractivity contribution < 1.29 is 0 Å². The highest BCUT2D eigenvalue weighted by Crippen LogP contribution is 2.24. The van der Waals surface area contributed by atoms with Crippen LogP contribution >= 0.6 is 35.3 Å². The van der Waals surface area contributed by atoms with E-state index in [4.69, 9.17) is 9.98 Å². The molecule has 2 fully saturated rings. The van der Waals surface area contributed by atoms with Gasteiger partial charge in [-0.25, -0.2) is 4.98 Å². The smallest absolute Gasteiger partial charge is 0.191 e. The third-order valence-electron chi connectivity index (χ3n) is 5.75. The molecular formula is C21H39IN6S.